The molecule has 0 aliphatic carbocycles. The normalized spacial score (nSPS) is 22.1. The highest BCUT2D eigenvalue weighted by molar-refractivity contribution is 6.74. The van der Waals surface area contributed by atoms with Gasteiger partial charge in [-0.05, 0) is 18.1 Å². The third kappa shape index (κ3) is 3.16. The van der Waals surface area contributed by atoms with Crippen LogP contribution in [0, 0.1) is 0 Å². The molecule has 1 saturated heterocycles. The number of hydrogen-bond acceptors (Lipinski definition) is 3. The lowest BCUT2D eigenvalue weighted by atomic mass is 10.2. The van der Waals surface area contributed by atoms with Gasteiger partial charge in [-0.15, -0.1) is 0 Å². The first-order chi connectivity index (χ1) is 7.69. The fourth-order valence-electron chi connectivity index (χ4n) is 1.65. The number of nitrogens with zero attached hydrogens (tertiary/aromatic N) is 1. The monoisotopic (exact) mass is 257 g/mol. The quantitative estimate of drug-likeness (QED) is 0.573. The van der Waals surface area contributed by atoms with Crippen LogP contribution in [0.1, 0.15) is 33.6 Å². The minimum absolute atomic E-state index is 0.0285. The molecule has 0 aromatic heterocycles. The second-order valence-corrected chi connectivity index (χ2v) is 10.8. The van der Waals surface area contributed by atoms with Gasteiger partial charge in [-0.3, -0.25) is 4.79 Å². The summed E-state index contributed by atoms with van der Waals surface area (Å²) in [6, 6.07) is 0. The van der Waals surface area contributed by atoms with E-state index in [0.717, 1.165) is 6.29 Å². The molecular weight excluding hydrogens is 234 g/mol. The molecule has 5 heteroatoms. The third-order valence-electron chi connectivity index (χ3n) is 3.78. The van der Waals surface area contributed by atoms with Gasteiger partial charge in [0, 0.05) is 12.8 Å². The molecule has 1 fully saturated rings. The van der Waals surface area contributed by atoms with E-state index in [4.69, 9.17) is 4.43 Å². The van der Waals surface area contributed by atoms with Crippen molar-refractivity contribution in [2.45, 2.75) is 58.0 Å². The lowest BCUT2D eigenvalue weighted by Gasteiger charge is -2.40. The minimum Gasteiger partial charge on any atom is -0.397 e. The van der Waals surface area contributed by atoms with Crippen molar-refractivity contribution < 1.29 is 14.0 Å². The van der Waals surface area contributed by atoms with Crippen LogP contribution in [0.2, 0.25) is 18.1 Å². The Labute approximate surface area is 104 Å². The van der Waals surface area contributed by atoms with Crippen LogP contribution in [0.3, 0.4) is 0 Å². The van der Waals surface area contributed by atoms with Gasteiger partial charge in [0.05, 0.1) is 6.54 Å². The molecule has 4 nitrogen and oxygen atoms in total. The SMILES string of the molecule is CC(C)(C)[Si](C)(C)O[C@@H]1CCC(=O)N1CC=O. The molecule has 1 rings (SSSR count). The summed E-state index contributed by atoms with van der Waals surface area (Å²) >= 11 is 0. The average Bonchev–Trinajstić information content (AvgIpc) is 2.48. The van der Waals surface area contributed by atoms with Crippen LogP contribution in [-0.2, 0) is 14.0 Å². The maximum absolute atomic E-state index is 11.6. The summed E-state index contributed by atoms with van der Waals surface area (Å²) < 4.78 is 6.18. The van der Waals surface area contributed by atoms with Gasteiger partial charge < -0.3 is 14.1 Å². The number of hydrogen-bond donors (Lipinski definition) is 0. The van der Waals surface area contributed by atoms with Crippen LogP contribution in [-0.4, -0.2) is 38.2 Å². The van der Waals surface area contributed by atoms with E-state index in [-0.39, 0.29) is 23.7 Å². The first-order valence-corrected chi connectivity index (χ1v) is 9.01. The van der Waals surface area contributed by atoms with Crippen molar-refractivity contribution in [3.63, 3.8) is 0 Å². The Balaban J connectivity index is 2.74. The summed E-state index contributed by atoms with van der Waals surface area (Å²) in [5.41, 5.74) is 0. The Bertz CT molecular complexity index is 309. The predicted molar refractivity (Wildman–Crippen MR) is 69.1 cm³/mol. The fraction of sp³-hybridized carbons (Fsp3) is 0.833. The van der Waals surface area contributed by atoms with E-state index < -0.39 is 8.32 Å². The lowest BCUT2D eigenvalue weighted by molar-refractivity contribution is -0.134. The molecule has 17 heavy (non-hydrogen) atoms. The Kier molecular flexibility index (Phi) is 4.14. The molecule has 0 spiro atoms. The van der Waals surface area contributed by atoms with E-state index in [9.17, 15) is 9.59 Å². The van der Waals surface area contributed by atoms with Gasteiger partial charge in [0.25, 0.3) is 0 Å². The highest BCUT2D eigenvalue weighted by Gasteiger charge is 2.42. The zero-order valence-electron chi connectivity index (χ0n) is 11.4. The first-order valence-electron chi connectivity index (χ1n) is 6.10. The van der Waals surface area contributed by atoms with Crippen molar-refractivity contribution in [3.8, 4) is 0 Å². The van der Waals surface area contributed by atoms with Crippen LogP contribution in [0.4, 0.5) is 0 Å². The second kappa shape index (κ2) is 4.90. The van der Waals surface area contributed by atoms with Crippen molar-refractivity contribution in [2.75, 3.05) is 6.54 Å². The van der Waals surface area contributed by atoms with Crippen molar-refractivity contribution in [1.82, 2.24) is 4.90 Å². The van der Waals surface area contributed by atoms with Gasteiger partial charge in [-0.25, -0.2) is 0 Å². The van der Waals surface area contributed by atoms with Crippen molar-refractivity contribution in [3.05, 3.63) is 0 Å². The number of rotatable bonds is 4. The Morgan fingerprint density at radius 2 is 2.06 bits per heavy atom. The van der Waals surface area contributed by atoms with E-state index >= 15 is 0 Å². The van der Waals surface area contributed by atoms with Crippen LogP contribution < -0.4 is 0 Å². The molecule has 1 heterocycles. The average molecular weight is 257 g/mol. The summed E-state index contributed by atoms with van der Waals surface area (Å²) in [4.78, 5) is 23.8. The predicted octanol–water partition coefficient (Wildman–Crippen LogP) is 2.16. The van der Waals surface area contributed by atoms with Gasteiger partial charge in [0.1, 0.15) is 12.5 Å². The molecule has 0 N–H and O–H groups in total. The molecule has 0 aromatic carbocycles. The van der Waals surface area contributed by atoms with E-state index in [1.807, 2.05) is 0 Å². The van der Waals surface area contributed by atoms with Crippen LogP contribution in [0.15, 0.2) is 0 Å². The number of carbonyl (C=O) groups is 2. The van der Waals surface area contributed by atoms with Crippen molar-refractivity contribution >= 4 is 20.5 Å². The van der Waals surface area contributed by atoms with Crippen LogP contribution >= 0.6 is 0 Å². The highest BCUT2D eigenvalue weighted by atomic mass is 28.4. The molecule has 0 saturated carbocycles. The smallest absolute Gasteiger partial charge is 0.225 e. The number of likely N-dealkylation sites (tertiary alicyclic amines) is 1. The minimum atomic E-state index is -1.88. The number of aldehydes is 1. The van der Waals surface area contributed by atoms with Gasteiger partial charge in [0.2, 0.25) is 5.91 Å². The molecule has 1 amide bonds. The molecular formula is C12H23NO3Si. The van der Waals surface area contributed by atoms with E-state index in [1.54, 1.807) is 4.90 Å². The summed E-state index contributed by atoms with van der Waals surface area (Å²) in [6.07, 6.45) is 1.77. The van der Waals surface area contributed by atoms with Gasteiger partial charge in [0.15, 0.2) is 8.32 Å². The molecule has 1 aliphatic rings. The largest absolute Gasteiger partial charge is 0.397 e. The molecule has 0 radical (unpaired) electrons. The lowest BCUT2D eigenvalue weighted by Crippen LogP contribution is -2.48. The van der Waals surface area contributed by atoms with E-state index in [1.165, 1.54) is 0 Å². The zero-order chi connectivity index (χ0) is 13.3. The molecule has 0 unspecified atom stereocenters. The van der Waals surface area contributed by atoms with Gasteiger partial charge >= 0.3 is 0 Å². The molecule has 1 aliphatic heterocycles. The van der Waals surface area contributed by atoms with E-state index in [0.29, 0.717) is 12.8 Å². The second-order valence-electron chi connectivity index (χ2n) is 6.08. The van der Waals surface area contributed by atoms with Crippen molar-refractivity contribution in [2.24, 2.45) is 0 Å². The fourth-order valence-corrected chi connectivity index (χ4v) is 2.92. The summed E-state index contributed by atoms with van der Waals surface area (Å²) in [7, 11) is -1.88. The maximum atomic E-state index is 11.6. The molecule has 1 atom stereocenters. The zero-order valence-corrected chi connectivity index (χ0v) is 12.4. The van der Waals surface area contributed by atoms with Gasteiger partial charge in [-0.1, -0.05) is 20.8 Å². The Morgan fingerprint density at radius 3 is 2.53 bits per heavy atom. The third-order valence-corrected chi connectivity index (χ3v) is 8.25. The van der Waals surface area contributed by atoms with Gasteiger partial charge in [-0.2, -0.15) is 0 Å². The first kappa shape index (κ1) is 14.4. The van der Waals surface area contributed by atoms with Crippen molar-refractivity contribution in [1.29, 1.82) is 0 Å². The number of carbonyl (C=O) groups excluding carboxylic acids is 2. The van der Waals surface area contributed by atoms with Crippen LogP contribution in [0.5, 0.6) is 0 Å². The summed E-state index contributed by atoms with van der Waals surface area (Å²) in [6.45, 7) is 11.0. The Hall–Kier alpha value is -0.683. The maximum Gasteiger partial charge on any atom is 0.225 e. The molecule has 0 bridgehead atoms. The highest BCUT2D eigenvalue weighted by Crippen LogP contribution is 2.38. The topological polar surface area (TPSA) is 46.6 Å². The number of amides is 1. The van der Waals surface area contributed by atoms with Crippen LogP contribution in [0.25, 0.3) is 0 Å². The summed E-state index contributed by atoms with van der Waals surface area (Å²) in [5, 5.41) is 0.117. The molecule has 0 aromatic rings. The Morgan fingerprint density at radius 1 is 1.47 bits per heavy atom. The molecule has 98 valence electrons. The standard InChI is InChI=1S/C12H23NO3Si/c1-12(2,3)17(4,5)16-11-7-6-10(15)13(11)8-9-14/h9,11H,6-8H2,1-5H3/t11-/m1/s1. The van der Waals surface area contributed by atoms with E-state index in [2.05, 4.69) is 33.9 Å². The summed E-state index contributed by atoms with van der Waals surface area (Å²) in [5.74, 6) is 0.0285.